The number of nitrogens with one attached hydrogen (secondary N) is 1. The van der Waals surface area contributed by atoms with Crippen molar-refractivity contribution in [2.45, 2.75) is 26.4 Å². The van der Waals surface area contributed by atoms with Crippen LogP contribution in [0.1, 0.15) is 26.3 Å². The van der Waals surface area contributed by atoms with Gasteiger partial charge in [-0.2, -0.15) is 5.26 Å². The molecule has 1 rings (SSSR count). The van der Waals surface area contributed by atoms with E-state index in [4.69, 9.17) is 15.7 Å². The molecule has 0 saturated carbocycles. The van der Waals surface area contributed by atoms with E-state index in [1.54, 1.807) is 12.1 Å². The summed E-state index contributed by atoms with van der Waals surface area (Å²) in [6, 6.07) is 6.68. The van der Waals surface area contributed by atoms with E-state index in [9.17, 15) is 4.79 Å². The van der Waals surface area contributed by atoms with Crippen molar-refractivity contribution in [3.63, 3.8) is 0 Å². The third-order valence-corrected chi connectivity index (χ3v) is 2.09. The lowest BCUT2D eigenvalue weighted by Gasteiger charge is -2.19. The Labute approximate surface area is 107 Å². The van der Waals surface area contributed by atoms with Crippen LogP contribution < -0.4 is 11.1 Å². The third kappa shape index (κ3) is 4.44. The minimum Gasteiger partial charge on any atom is -0.397 e. The Hall–Kier alpha value is -2.06. The highest BCUT2D eigenvalue weighted by Gasteiger charge is 2.13. The maximum Gasteiger partial charge on any atom is 0.250 e. The highest BCUT2D eigenvalue weighted by atomic mass is 16.5. The van der Waals surface area contributed by atoms with Crippen molar-refractivity contribution in [2.75, 3.05) is 17.7 Å². The van der Waals surface area contributed by atoms with Gasteiger partial charge in [0.15, 0.2) is 0 Å². The molecule has 5 nitrogen and oxygen atoms in total. The molecular weight excluding hydrogens is 230 g/mol. The molecule has 0 fully saturated rings. The summed E-state index contributed by atoms with van der Waals surface area (Å²) >= 11 is 0. The summed E-state index contributed by atoms with van der Waals surface area (Å²) < 4.78 is 5.34. The molecule has 0 aliphatic carbocycles. The predicted molar refractivity (Wildman–Crippen MR) is 69.9 cm³/mol. The number of benzene rings is 1. The molecule has 0 spiro atoms. The van der Waals surface area contributed by atoms with E-state index in [1.165, 1.54) is 6.07 Å². The number of nitrogens with two attached hydrogens (primary N) is 1. The van der Waals surface area contributed by atoms with Gasteiger partial charge < -0.3 is 15.8 Å². The SMILES string of the molecule is CC(C)(C)OCC(=O)Nc1ccc(C#N)cc1N. The number of hydrogen-bond donors (Lipinski definition) is 2. The van der Waals surface area contributed by atoms with Crippen LogP contribution in [0.15, 0.2) is 18.2 Å². The molecule has 5 heteroatoms. The van der Waals surface area contributed by atoms with Crippen LogP contribution in [0.3, 0.4) is 0 Å². The Bertz CT molecular complexity index is 484. The second kappa shape index (κ2) is 5.52. The van der Waals surface area contributed by atoms with Crippen molar-refractivity contribution in [3.05, 3.63) is 23.8 Å². The Balaban J connectivity index is 2.63. The molecule has 0 heterocycles. The molecule has 0 unspecified atom stereocenters. The van der Waals surface area contributed by atoms with Crippen LogP contribution in [0.2, 0.25) is 0 Å². The molecule has 1 aromatic rings. The minimum atomic E-state index is -0.368. The van der Waals surface area contributed by atoms with E-state index in [2.05, 4.69) is 5.32 Å². The zero-order valence-corrected chi connectivity index (χ0v) is 10.8. The van der Waals surface area contributed by atoms with E-state index >= 15 is 0 Å². The number of anilines is 2. The van der Waals surface area contributed by atoms with Crippen LogP contribution in [-0.2, 0) is 9.53 Å². The monoisotopic (exact) mass is 247 g/mol. The molecule has 0 radical (unpaired) electrons. The summed E-state index contributed by atoms with van der Waals surface area (Å²) in [6.07, 6.45) is 0. The third-order valence-electron chi connectivity index (χ3n) is 2.09. The molecule has 1 aromatic carbocycles. The number of nitrogen functional groups attached to an aromatic ring is 1. The maximum atomic E-state index is 11.6. The topological polar surface area (TPSA) is 88.1 Å². The van der Waals surface area contributed by atoms with Gasteiger partial charge in [-0.1, -0.05) is 0 Å². The van der Waals surface area contributed by atoms with Gasteiger partial charge in [-0.3, -0.25) is 4.79 Å². The van der Waals surface area contributed by atoms with Crippen LogP contribution in [0.4, 0.5) is 11.4 Å². The van der Waals surface area contributed by atoms with E-state index in [-0.39, 0.29) is 18.1 Å². The molecule has 0 aliphatic heterocycles. The lowest BCUT2D eigenvalue weighted by molar-refractivity contribution is -0.125. The summed E-state index contributed by atoms with van der Waals surface area (Å²) in [5.41, 5.74) is 6.65. The van der Waals surface area contributed by atoms with Crippen molar-refractivity contribution in [1.29, 1.82) is 5.26 Å². The van der Waals surface area contributed by atoms with Gasteiger partial charge in [0, 0.05) is 0 Å². The van der Waals surface area contributed by atoms with Gasteiger partial charge in [0.1, 0.15) is 6.61 Å². The first-order valence-electron chi connectivity index (χ1n) is 5.55. The van der Waals surface area contributed by atoms with E-state index < -0.39 is 0 Å². The fourth-order valence-electron chi connectivity index (χ4n) is 1.21. The summed E-state index contributed by atoms with van der Waals surface area (Å²) in [4.78, 5) is 11.6. The van der Waals surface area contributed by atoms with Gasteiger partial charge in [0.05, 0.1) is 28.6 Å². The minimum absolute atomic E-state index is 0.0387. The largest absolute Gasteiger partial charge is 0.397 e. The molecule has 0 aliphatic rings. The van der Waals surface area contributed by atoms with Crippen molar-refractivity contribution >= 4 is 17.3 Å². The Kier molecular flexibility index (Phi) is 4.29. The van der Waals surface area contributed by atoms with Gasteiger partial charge in [0.25, 0.3) is 0 Å². The standard InChI is InChI=1S/C13H17N3O2/c1-13(2,3)18-8-12(17)16-11-5-4-9(7-14)6-10(11)15/h4-6H,8,15H2,1-3H3,(H,16,17). The number of hydrogen-bond acceptors (Lipinski definition) is 4. The molecule has 0 atom stereocenters. The Morgan fingerprint density at radius 3 is 2.67 bits per heavy atom. The van der Waals surface area contributed by atoms with Gasteiger partial charge in [0.2, 0.25) is 5.91 Å². The van der Waals surface area contributed by atoms with Crippen LogP contribution in [0.25, 0.3) is 0 Å². The fraction of sp³-hybridized carbons (Fsp3) is 0.385. The summed E-state index contributed by atoms with van der Waals surface area (Å²) in [7, 11) is 0. The van der Waals surface area contributed by atoms with Crippen molar-refractivity contribution < 1.29 is 9.53 Å². The molecule has 0 saturated heterocycles. The lowest BCUT2D eigenvalue weighted by atomic mass is 10.2. The first-order valence-corrected chi connectivity index (χ1v) is 5.55. The van der Waals surface area contributed by atoms with Gasteiger partial charge in [-0.25, -0.2) is 0 Å². The smallest absolute Gasteiger partial charge is 0.250 e. The number of carbonyl (C=O) groups is 1. The van der Waals surface area contributed by atoms with Crippen LogP contribution in [0.5, 0.6) is 0 Å². The van der Waals surface area contributed by atoms with Gasteiger partial charge in [-0.05, 0) is 39.0 Å². The van der Waals surface area contributed by atoms with E-state index in [0.29, 0.717) is 16.9 Å². The van der Waals surface area contributed by atoms with Gasteiger partial charge >= 0.3 is 0 Å². The first kappa shape index (κ1) is 14.0. The molecule has 3 N–H and O–H groups in total. The highest BCUT2D eigenvalue weighted by molar-refractivity contribution is 5.94. The molecule has 18 heavy (non-hydrogen) atoms. The van der Waals surface area contributed by atoms with Crippen molar-refractivity contribution in [1.82, 2.24) is 0 Å². The summed E-state index contributed by atoms with van der Waals surface area (Å²) in [5, 5.41) is 11.3. The lowest BCUT2D eigenvalue weighted by Crippen LogP contribution is -2.27. The van der Waals surface area contributed by atoms with Crippen molar-refractivity contribution in [3.8, 4) is 6.07 Å². The average molecular weight is 247 g/mol. The molecular formula is C13H17N3O2. The highest BCUT2D eigenvalue weighted by Crippen LogP contribution is 2.19. The van der Waals surface area contributed by atoms with Crippen molar-refractivity contribution in [2.24, 2.45) is 0 Å². The van der Waals surface area contributed by atoms with Crippen LogP contribution >= 0.6 is 0 Å². The number of amides is 1. The number of carbonyl (C=O) groups excluding carboxylic acids is 1. The summed E-state index contributed by atoms with van der Waals surface area (Å²) in [5.74, 6) is -0.277. The predicted octanol–water partition coefficient (Wildman–Crippen LogP) is 1.89. The molecule has 0 bridgehead atoms. The Morgan fingerprint density at radius 2 is 2.17 bits per heavy atom. The van der Waals surface area contributed by atoms with E-state index in [0.717, 1.165) is 0 Å². The fourth-order valence-corrected chi connectivity index (χ4v) is 1.21. The number of nitriles is 1. The van der Waals surface area contributed by atoms with Crippen LogP contribution in [-0.4, -0.2) is 18.1 Å². The number of ether oxygens (including phenoxy) is 1. The second-order valence-electron chi connectivity index (χ2n) is 4.86. The molecule has 1 amide bonds. The molecule has 96 valence electrons. The number of nitrogens with zero attached hydrogens (tertiary/aromatic N) is 1. The summed E-state index contributed by atoms with van der Waals surface area (Å²) in [6.45, 7) is 5.58. The van der Waals surface area contributed by atoms with Gasteiger partial charge in [-0.15, -0.1) is 0 Å². The normalized spacial score (nSPS) is 10.8. The second-order valence-corrected chi connectivity index (χ2v) is 4.86. The average Bonchev–Trinajstić information content (AvgIpc) is 2.28. The van der Waals surface area contributed by atoms with Crippen LogP contribution in [0, 0.1) is 11.3 Å². The van der Waals surface area contributed by atoms with E-state index in [1.807, 2.05) is 26.8 Å². The first-order chi connectivity index (χ1) is 8.31. The zero-order valence-electron chi connectivity index (χ0n) is 10.8. The Morgan fingerprint density at radius 1 is 1.50 bits per heavy atom. The molecule has 0 aromatic heterocycles. The maximum absolute atomic E-state index is 11.6. The zero-order chi connectivity index (χ0) is 13.8. The quantitative estimate of drug-likeness (QED) is 0.798. The number of rotatable bonds is 3.